The van der Waals surface area contributed by atoms with E-state index in [2.05, 4.69) is 35.1 Å². The van der Waals surface area contributed by atoms with Crippen LogP contribution in [-0.4, -0.2) is 62.0 Å². The SMILES string of the molecule is Cc1nc(NC(=O)N2CCN(c3ncccc3OCc3ccnc(N)n3)CC2)cc(C2CC2)n1. The summed E-state index contributed by atoms with van der Waals surface area (Å²) in [6.07, 6.45) is 5.64. The first kappa shape index (κ1) is 21.8. The number of urea groups is 1. The maximum atomic E-state index is 12.8. The van der Waals surface area contributed by atoms with E-state index in [0.29, 0.717) is 55.2 Å². The summed E-state index contributed by atoms with van der Waals surface area (Å²) in [7, 11) is 0. The van der Waals surface area contributed by atoms with Crippen LogP contribution in [0.15, 0.2) is 36.7 Å². The van der Waals surface area contributed by atoms with Gasteiger partial charge in [0.25, 0.3) is 0 Å². The van der Waals surface area contributed by atoms with E-state index in [1.54, 1.807) is 23.4 Å². The third-order valence-corrected chi connectivity index (χ3v) is 5.81. The van der Waals surface area contributed by atoms with Crippen molar-refractivity contribution >= 4 is 23.6 Å². The van der Waals surface area contributed by atoms with Crippen LogP contribution in [0.5, 0.6) is 5.75 Å². The second-order valence-electron chi connectivity index (χ2n) is 8.42. The molecule has 34 heavy (non-hydrogen) atoms. The molecule has 5 rings (SSSR count). The van der Waals surface area contributed by atoms with Crippen LogP contribution in [0.25, 0.3) is 0 Å². The molecular formula is C23H27N9O2. The Labute approximate surface area is 197 Å². The normalized spacial score (nSPS) is 15.8. The molecule has 11 heteroatoms. The van der Waals surface area contributed by atoms with E-state index < -0.39 is 0 Å². The number of piperazine rings is 1. The van der Waals surface area contributed by atoms with Gasteiger partial charge in [0.15, 0.2) is 11.6 Å². The van der Waals surface area contributed by atoms with E-state index >= 15 is 0 Å². The molecule has 3 aromatic heterocycles. The van der Waals surface area contributed by atoms with Crippen molar-refractivity contribution in [2.45, 2.75) is 32.3 Å². The third kappa shape index (κ3) is 5.13. The minimum atomic E-state index is -0.154. The van der Waals surface area contributed by atoms with Crippen molar-refractivity contribution in [2.75, 3.05) is 42.1 Å². The maximum absolute atomic E-state index is 12.8. The van der Waals surface area contributed by atoms with Gasteiger partial charge in [-0.25, -0.2) is 29.7 Å². The number of carbonyl (C=O) groups is 1. The molecule has 1 aliphatic carbocycles. The van der Waals surface area contributed by atoms with Gasteiger partial charge in [-0.05, 0) is 38.0 Å². The Kier molecular flexibility index (Phi) is 6.07. The number of nitrogens with one attached hydrogen (secondary N) is 1. The molecule has 3 N–H and O–H groups in total. The topological polar surface area (TPSA) is 135 Å². The molecule has 1 aliphatic heterocycles. The lowest BCUT2D eigenvalue weighted by atomic mass is 10.2. The highest BCUT2D eigenvalue weighted by molar-refractivity contribution is 5.88. The first-order valence-corrected chi connectivity index (χ1v) is 11.4. The molecule has 4 heterocycles. The van der Waals surface area contributed by atoms with E-state index in [9.17, 15) is 4.79 Å². The van der Waals surface area contributed by atoms with Crippen molar-refractivity contribution in [3.05, 3.63) is 53.9 Å². The van der Waals surface area contributed by atoms with Crippen molar-refractivity contribution in [2.24, 2.45) is 0 Å². The molecule has 0 aromatic carbocycles. The zero-order chi connectivity index (χ0) is 23.5. The molecule has 176 valence electrons. The predicted molar refractivity (Wildman–Crippen MR) is 127 cm³/mol. The van der Waals surface area contributed by atoms with Gasteiger partial charge in [0.1, 0.15) is 18.2 Å². The Morgan fingerprint density at radius 2 is 1.94 bits per heavy atom. The molecule has 2 aliphatic rings. The number of hydrogen-bond donors (Lipinski definition) is 2. The van der Waals surface area contributed by atoms with Crippen molar-refractivity contribution in [3.8, 4) is 5.75 Å². The van der Waals surface area contributed by atoms with Crippen molar-refractivity contribution in [1.82, 2.24) is 29.8 Å². The van der Waals surface area contributed by atoms with E-state index in [1.165, 1.54) is 0 Å². The molecule has 0 spiro atoms. The van der Waals surface area contributed by atoms with E-state index in [4.69, 9.17) is 10.5 Å². The fraction of sp³-hybridized carbons (Fsp3) is 0.391. The van der Waals surface area contributed by atoms with Crippen LogP contribution in [0.3, 0.4) is 0 Å². The fourth-order valence-corrected chi connectivity index (χ4v) is 3.93. The first-order valence-electron chi connectivity index (χ1n) is 11.4. The Balaban J connectivity index is 1.19. The van der Waals surface area contributed by atoms with Crippen molar-refractivity contribution in [3.63, 3.8) is 0 Å². The summed E-state index contributed by atoms with van der Waals surface area (Å²) >= 11 is 0. The number of aromatic nitrogens is 5. The second-order valence-corrected chi connectivity index (χ2v) is 8.42. The molecule has 2 amide bonds. The monoisotopic (exact) mass is 461 g/mol. The van der Waals surface area contributed by atoms with Crippen LogP contribution in [0.4, 0.5) is 22.4 Å². The Morgan fingerprint density at radius 1 is 1.12 bits per heavy atom. The number of ether oxygens (including phenoxy) is 1. The van der Waals surface area contributed by atoms with Gasteiger partial charge in [-0.1, -0.05) is 0 Å². The molecule has 11 nitrogen and oxygen atoms in total. The summed E-state index contributed by atoms with van der Waals surface area (Å²) in [5, 5.41) is 2.94. The van der Waals surface area contributed by atoms with E-state index in [-0.39, 0.29) is 18.6 Å². The molecule has 1 saturated heterocycles. The Morgan fingerprint density at radius 3 is 2.71 bits per heavy atom. The van der Waals surface area contributed by atoms with Crippen LogP contribution < -0.4 is 20.7 Å². The number of nitrogens with zero attached hydrogens (tertiary/aromatic N) is 7. The summed E-state index contributed by atoms with van der Waals surface area (Å²) < 4.78 is 5.97. The average molecular weight is 462 g/mol. The van der Waals surface area contributed by atoms with Crippen LogP contribution in [0.2, 0.25) is 0 Å². The minimum absolute atomic E-state index is 0.154. The summed E-state index contributed by atoms with van der Waals surface area (Å²) in [6, 6.07) is 7.20. The Bertz CT molecular complexity index is 1180. The second kappa shape index (κ2) is 9.46. The molecule has 3 aromatic rings. The number of anilines is 3. The summed E-state index contributed by atoms with van der Waals surface area (Å²) in [6.45, 7) is 4.50. The smallest absolute Gasteiger partial charge is 0.323 e. The van der Waals surface area contributed by atoms with E-state index in [1.807, 2.05) is 25.1 Å². The van der Waals surface area contributed by atoms with Gasteiger partial charge >= 0.3 is 6.03 Å². The number of aryl methyl sites for hydroxylation is 1. The summed E-state index contributed by atoms with van der Waals surface area (Å²) in [5.41, 5.74) is 7.35. The van der Waals surface area contributed by atoms with Crippen LogP contribution >= 0.6 is 0 Å². The number of amides is 2. The third-order valence-electron chi connectivity index (χ3n) is 5.81. The molecule has 2 fully saturated rings. The van der Waals surface area contributed by atoms with Crippen molar-refractivity contribution < 1.29 is 9.53 Å². The van der Waals surface area contributed by atoms with Gasteiger partial charge in [-0.3, -0.25) is 5.32 Å². The fourth-order valence-electron chi connectivity index (χ4n) is 3.93. The van der Waals surface area contributed by atoms with Gasteiger partial charge in [0.2, 0.25) is 5.95 Å². The molecule has 0 radical (unpaired) electrons. The number of rotatable bonds is 6. The molecule has 0 unspecified atom stereocenters. The maximum Gasteiger partial charge on any atom is 0.323 e. The predicted octanol–water partition coefficient (Wildman–Crippen LogP) is 2.36. The molecular weight excluding hydrogens is 434 g/mol. The lowest BCUT2D eigenvalue weighted by Crippen LogP contribution is -2.50. The van der Waals surface area contributed by atoms with Gasteiger partial charge in [0, 0.05) is 56.3 Å². The van der Waals surface area contributed by atoms with Gasteiger partial charge in [-0.15, -0.1) is 0 Å². The summed E-state index contributed by atoms with van der Waals surface area (Å²) in [5.74, 6) is 3.35. The van der Waals surface area contributed by atoms with Crippen LogP contribution in [0.1, 0.15) is 36.0 Å². The van der Waals surface area contributed by atoms with E-state index in [0.717, 1.165) is 24.4 Å². The highest BCUT2D eigenvalue weighted by Crippen LogP contribution is 2.39. The zero-order valence-corrected chi connectivity index (χ0v) is 19.0. The lowest BCUT2D eigenvalue weighted by molar-refractivity contribution is 0.207. The number of nitrogens with two attached hydrogens (primary N) is 1. The quantitative estimate of drug-likeness (QED) is 0.567. The highest BCUT2D eigenvalue weighted by Gasteiger charge is 2.27. The molecule has 0 bridgehead atoms. The largest absolute Gasteiger partial charge is 0.483 e. The number of pyridine rings is 1. The Hall–Kier alpha value is -4.02. The van der Waals surface area contributed by atoms with Crippen LogP contribution in [0, 0.1) is 6.92 Å². The lowest BCUT2D eigenvalue weighted by Gasteiger charge is -2.35. The molecule has 0 atom stereocenters. The number of nitrogen functional groups attached to an aromatic ring is 1. The number of hydrogen-bond acceptors (Lipinski definition) is 9. The van der Waals surface area contributed by atoms with Crippen LogP contribution in [-0.2, 0) is 6.61 Å². The summed E-state index contributed by atoms with van der Waals surface area (Å²) in [4.78, 5) is 38.2. The highest BCUT2D eigenvalue weighted by atomic mass is 16.5. The minimum Gasteiger partial charge on any atom is -0.483 e. The van der Waals surface area contributed by atoms with Gasteiger partial charge in [0.05, 0.1) is 5.69 Å². The molecule has 1 saturated carbocycles. The van der Waals surface area contributed by atoms with Gasteiger partial charge < -0.3 is 20.3 Å². The number of carbonyl (C=O) groups excluding carboxylic acids is 1. The van der Waals surface area contributed by atoms with Crippen molar-refractivity contribution in [1.29, 1.82) is 0 Å². The zero-order valence-electron chi connectivity index (χ0n) is 19.0. The first-order chi connectivity index (χ1) is 16.5. The average Bonchev–Trinajstić information content (AvgIpc) is 3.68. The standard InChI is InChI=1S/C23H27N9O2/c1-15-27-18(16-4-5-16)13-20(28-15)30-23(33)32-11-9-31(10-12-32)21-19(3-2-7-25-21)34-14-17-6-8-26-22(24)29-17/h2-3,6-8,13,16H,4-5,9-12,14H2,1H3,(H2,24,26,29)(H,27,28,30,33). The van der Waals surface area contributed by atoms with Gasteiger partial charge in [-0.2, -0.15) is 0 Å².